The summed E-state index contributed by atoms with van der Waals surface area (Å²) in [5.41, 5.74) is 0. The minimum Gasteiger partial charge on any atom is -0.374 e. The summed E-state index contributed by atoms with van der Waals surface area (Å²) in [5, 5.41) is 3.28. The summed E-state index contributed by atoms with van der Waals surface area (Å²) < 4.78 is 28.5. The van der Waals surface area contributed by atoms with Gasteiger partial charge in [-0.05, 0) is 33.4 Å². The van der Waals surface area contributed by atoms with Gasteiger partial charge >= 0.3 is 0 Å². The van der Waals surface area contributed by atoms with Crippen LogP contribution in [-0.2, 0) is 4.74 Å². The van der Waals surface area contributed by atoms with Crippen molar-refractivity contribution < 1.29 is 13.5 Å². The van der Waals surface area contributed by atoms with Gasteiger partial charge in [-0.2, -0.15) is 0 Å². The highest BCUT2D eigenvalue weighted by Gasteiger charge is 2.23. The first-order chi connectivity index (χ1) is 7.63. The molecule has 1 rings (SSSR count). The molecule has 0 aromatic heterocycles. The van der Waals surface area contributed by atoms with E-state index in [1.54, 1.807) is 0 Å². The summed E-state index contributed by atoms with van der Waals surface area (Å²) in [4.78, 5) is 2.30. The fraction of sp³-hybridized carbons (Fsp3) is 1.00. The van der Waals surface area contributed by atoms with Crippen molar-refractivity contribution in [1.82, 2.24) is 10.2 Å². The predicted molar refractivity (Wildman–Crippen MR) is 59.9 cm³/mol. The summed E-state index contributed by atoms with van der Waals surface area (Å²) in [7, 11) is 1.98. The van der Waals surface area contributed by atoms with Crippen molar-refractivity contribution in [2.75, 3.05) is 33.4 Å². The van der Waals surface area contributed by atoms with Crippen LogP contribution >= 0.6 is 0 Å². The summed E-state index contributed by atoms with van der Waals surface area (Å²) in [5.74, 6) is 0. The third-order valence-electron chi connectivity index (χ3n) is 3.19. The maximum absolute atomic E-state index is 11.8. The van der Waals surface area contributed by atoms with E-state index in [-0.39, 0.29) is 0 Å². The minimum absolute atomic E-state index is 0.402. The van der Waals surface area contributed by atoms with Crippen LogP contribution in [0.25, 0.3) is 0 Å². The number of alkyl halides is 2. The number of halogens is 2. The third kappa shape index (κ3) is 4.72. The zero-order valence-electron chi connectivity index (χ0n) is 10.1. The first-order valence-electron chi connectivity index (χ1n) is 5.90. The maximum atomic E-state index is 11.8. The Labute approximate surface area is 96.1 Å². The van der Waals surface area contributed by atoms with Crippen LogP contribution < -0.4 is 5.32 Å². The molecule has 1 fully saturated rings. The lowest BCUT2D eigenvalue weighted by atomic mass is 9.99. The van der Waals surface area contributed by atoms with E-state index < -0.39 is 13.0 Å². The molecule has 2 unspecified atom stereocenters. The van der Waals surface area contributed by atoms with E-state index >= 15 is 0 Å². The van der Waals surface area contributed by atoms with Gasteiger partial charge in [-0.3, -0.25) is 4.90 Å². The van der Waals surface area contributed by atoms with Crippen LogP contribution in [0.5, 0.6) is 0 Å². The molecule has 3 nitrogen and oxygen atoms in total. The molecule has 0 spiro atoms. The molecule has 1 saturated heterocycles. The highest BCUT2D eigenvalue weighted by Crippen LogP contribution is 2.16. The number of nitrogens with zero attached hydrogens (tertiary/aromatic N) is 1. The fourth-order valence-corrected chi connectivity index (χ4v) is 2.17. The van der Waals surface area contributed by atoms with Crippen LogP contribution in [0, 0.1) is 0 Å². The number of piperidine rings is 1. The maximum Gasteiger partial charge on any atom is 0.261 e. The van der Waals surface area contributed by atoms with Crippen molar-refractivity contribution in [2.24, 2.45) is 0 Å². The molecule has 2 atom stereocenters. The molecule has 5 heteroatoms. The normalized spacial score (nSPS) is 27.6. The van der Waals surface area contributed by atoms with Crippen LogP contribution in [0.4, 0.5) is 8.78 Å². The topological polar surface area (TPSA) is 24.5 Å². The van der Waals surface area contributed by atoms with E-state index in [9.17, 15) is 8.78 Å². The fourth-order valence-electron chi connectivity index (χ4n) is 2.17. The van der Waals surface area contributed by atoms with Gasteiger partial charge in [0.05, 0.1) is 6.61 Å². The van der Waals surface area contributed by atoms with Crippen molar-refractivity contribution in [2.45, 2.75) is 38.3 Å². The van der Waals surface area contributed by atoms with Gasteiger partial charge in [-0.15, -0.1) is 0 Å². The monoisotopic (exact) mass is 236 g/mol. The second-order valence-electron chi connectivity index (χ2n) is 4.36. The molecule has 1 aliphatic rings. The quantitative estimate of drug-likeness (QED) is 0.704. The van der Waals surface area contributed by atoms with E-state index in [1.165, 1.54) is 0 Å². The zero-order valence-corrected chi connectivity index (χ0v) is 10.1. The molecule has 0 aliphatic carbocycles. The van der Waals surface area contributed by atoms with Gasteiger partial charge < -0.3 is 10.1 Å². The van der Waals surface area contributed by atoms with Crippen molar-refractivity contribution in [3.63, 3.8) is 0 Å². The molecule has 0 aromatic rings. The molecular formula is C11H22F2N2O. The van der Waals surface area contributed by atoms with Crippen LogP contribution in [0.2, 0.25) is 0 Å². The van der Waals surface area contributed by atoms with Gasteiger partial charge in [0.1, 0.15) is 6.61 Å². The highest BCUT2D eigenvalue weighted by atomic mass is 19.3. The first-order valence-corrected chi connectivity index (χ1v) is 5.90. The number of hydrogen-bond donors (Lipinski definition) is 1. The number of ether oxygens (including phenoxy) is 1. The van der Waals surface area contributed by atoms with E-state index in [0.29, 0.717) is 18.7 Å². The standard InChI is InChI=1S/C11H22F2N2O/c1-9-7-10(14-2)3-4-15(9)5-6-16-8-11(12)13/h9-11,14H,3-8H2,1-2H3. The highest BCUT2D eigenvalue weighted by molar-refractivity contribution is 4.81. The molecule has 1 aliphatic heterocycles. The molecule has 0 amide bonds. The average Bonchev–Trinajstić information content (AvgIpc) is 2.25. The Morgan fingerprint density at radius 3 is 2.81 bits per heavy atom. The zero-order chi connectivity index (χ0) is 12.0. The number of nitrogens with one attached hydrogen (secondary N) is 1. The van der Waals surface area contributed by atoms with Crippen molar-refractivity contribution in [1.29, 1.82) is 0 Å². The number of rotatable bonds is 6. The van der Waals surface area contributed by atoms with E-state index in [2.05, 4.69) is 17.1 Å². The van der Waals surface area contributed by atoms with Crippen LogP contribution in [0.1, 0.15) is 19.8 Å². The molecule has 0 saturated carbocycles. The van der Waals surface area contributed by atoms with Gasteiger partial charge in [0, 0.05) is 18.6 Å². The Balaban J connectivity index is 2.13. The predicted octanol–water partition coefficient (Wildman–Crippen LogP) is 1.34. The molecule has 1 heterocycles. The molecule has 1 N–H and O–H groups in total. The molecule has 0 aromatic carbocycles. The summed E-state index contributed by atoms with van der Waals surface area (Å²) in [6.45, 7) is 3.91. The average molecular weight is 236 g/mol. The van der Waals surface area contributed by atoms with E-state index in [4.69, 9.17) is 4.74 Å². The van der Waals surface area contributed by atoms with E-state index in [0.717, 1.165) is 25.9 Å². The summed E-state index contributed by atoms with van der Waals surface area (Å²) >= 11 is 0. The Morgan fingerprint density at radius 1 is 1.50 bits per heavy atom. The Kier molecular flexibility index (Phi) is 6.16. The van der Waals surface area contributed by atoms with Crippen molar-refractivity contribution in [3.05, 3.63) is 0 Å². The smallest absolute Gasteiger partial charge is 0.261 e. The lowest BCUT2D eigenvalue weighted by Gasteiger charge is -2.37. The van der Waals surface area contributed by atoms with Crippen LogP contribution in [0.15, 0.2) is 0 Å². The van der Waals surface area contributed by atoms with Gasteiger partial charge in [-0.25, -0.2) is 8.78 Å². The first kappa shape index (κ1) is 13.8. The Morgan fingerprint density at radius 2 is 2.25 bits per heavy atom. The van der Waals surface area contributed by atoms with E-state index in [1.807, 2.05) is 7.05 Å². The molecular weight excluding hydrogens is 214 g/mol. The second-order valence-corrected chi connectivity index (χ2v) is 4.36. The summed E-state index contributed by atoms with van der Waals surface area (Å²) in [6, 6.07) is 1.09. The molecule has 16 heavy (non-hydrogen) atoms. The van der Waals surface area contributed by atoms with Gasteiger partial charge in [0.2, 0.25) is 0 Å². The Bertz CT molecular complexity index is 193. The van der Waals surface area contributed by atoms with Crippen molar-refractivity contribution in [3.8, 4) is 0 Å². The number of likely N-dealkylation sites (tertiary alicyclic amines) is 1. The molecule has 0 radical (unpaired) electrons. The second kappa shape index (κ2) is 7.14. The van der Waals surface area contributed by atoms with Gasteiger partial charge in [-0.1, -0.05) is 0 Å². The molecule has 0 bridgehead atoms. The lowest BCUT2D eigenvalue weighted by molar-refractivity contribution is 0.00252. The van der Waals surface area contributed by atoms with Crippen LogP contribution in [-0.4, -0.2) is 56.8 Å². The number of hydrogen-bond acceptors (Lipinski definition) is 3. The molecule has 96 valence electrons. The van der Waals surface area contributed by atoms with Gasteiger partial charge in [0.15, 0.2) is 0 Å². The minimum atomic E-state index is -2.35. The van der Waals surface area contributed by atoms with Crippen molar-refractivity contribution >= 4 is 0 Å². The third-order valence-corrected chi connectivity index (χ3v) is 3.19. The van der Waals surface area contributed by atoms with Gasteiger partial charge in [0.25, 0.3) is 6.43 Å². The van der Waals surface area contributed by atoms with Crippen LogP contribution in [0.3, 0.4) is 0 Å². The summed E-state index contributed by atoms with van der Waals surface area (Å²) in [6.07, 6.45) is -0.117. The SMILES string of the molecule is CNC1CCN(CCOCC(F)F)C(C)C1. The largest absolute Gasteiger partial charge is 0.374 e. The lowest BCUT2D eigenvalue weighted by Crippen LogP contribution is -2.47. The Hall–Kier alpha value is -0.260.